The molecule has 5 aromatic carbocycles. The number of amides is 2. The minimum atomic E-state index is -4.47. The van der Waals surface area contributed by atoms with E-state index in [1.54, 1.807) is 88.3 Å². The third-order valence-corrected chi connectivity index (χ3v) is 14.8. The van der Waals surface area contributed by atoms with Crippen LogP contribution in [0.25, 0.3) is 16.9 Å². The van der Waals surface area contributed by atoms with E-state index >= 15 is 0 Å². The average Bonchev–Trinajstić information content (AvgIpc) is 1.60. The van der Waals surface area contributed by atoms with Gasteiger partial charge >= 0.3 is 30.3 Å². The van der Waals surface area contributed by atoms with Crippen LogP contribution in [0.4, 0.5) is 43.4 Å². The number of carboxylic acids is 1. The maximum atomic E-state index is 12.7. The molecule has 0 saturated carbocycles. The van der Waals surface area contributed by atoms with Crippen LogP contribution in [0, 0.1) is 0 Å². The number of nitrogens with zero attached hydrogens (tertiary/aromatic N) is 9. The molecule has 6 aromatic heterocycles. The number of anilines is 3. The molecule has 0 radical (unpaired) electrons. The van der Waals surface area contributed by atoms with Crippen LogP contribution >= 0.6 is 34.8 Å². The summed E-state index contributed by atoms with van der Waals surface area (Å²) < 4.78 is 90.8. The Labute approximate surface area is 532 Å². The van der Waals surface area contributed by atoms with Gasteiger partial charge in [-0.15, -0.1) is 0 Å². The number of hydrogen-bond donors (Lipinski definition) is 4. The van der Waals surface area contributed by atoms with Crippen molar-refractivity contribution in [2.75, 3.05) is 30.6 Å². The number of ether oxygens (including phenoxy) is 2. The molecule has 29 heteroatoms. The number of nitrogen functional groups attached to an aromatic ring is 1. The standard InChI is InChI=1S/C24H18ClF3N4O3.C23H16ClF3N4O3.C16H15ClN4O2/c1-35-20(33)13-18-21(25)31-19(32-11-10-29-22(18)32)12-14-2-8-17(9-3-14)30-23(34)15-4-6-16(7-5-15)24(26,27)28;24-20-17(12-19(32)33)21-28-9-10-31(21)18(30-20)11-13-1-7-16(8-2-13)29-22(34)14-3-5-15(6-4-14)23(25,26)27;1-23-14(22)9-12-15(17)20-13(21-7-6-19-16(12)21)8-10-2-4-11(18)5-3-10/h2-11H,12-13H2,1H3,(H,30,34);1-10H,11-12H2,(H,29,34)(H,32,33);2-7H,8-9,18H2,1H3. The molecular weight excluding hydrogens is 1270 g/mol. The molecule has 20 nitrogen and oxygen atoms in total. The number of fused-ring (bicyclic) bond motifs is 3. The number of methoxy groups -OCH3 is 2. The van der Waals surface area contributed by atoms with Gasteiger partial charge in [-0.3, -0.25) is 37.2 Å². The number of esters is 2. The van der Waals surface area contributed by atoms with E-state index in [1.165, 1.54) is 20.4 Å². The van der Waals surface area contributed by atoms with Crippen LogP contribution < -0.4 is 16.4 Å². The third-order valence-electron chi connectivity index (χ3n) is 13.9. The zero-order valence-corrected chi connectivity index (χ0v) is 50.3. The van der Waals surface area contributed by atoms with Crippen molar-refractivity contribution in [3.8, 4) is 0 Å². The molecule has 0 saturated heterocycles. The molecule has 0 aliphatic rings. The Kier molecular flexibility index (Phi) is 20.5. The molecule has 11 rings (SSSR count). The maximum absolute atomic E-state index is 12.7. The molecule has 472 valence electrons. The fourth-order valence-electron chi connectivity index (χ4n) is 9.22. The molecule has 92 heavy (non-hydrogen) atoms. The summed E-state index contributed by atoms with van der Waals surface area (Å²) in [5.74, 6) is -1.07. The second-order valence-electron chi connectivity index (χ2n) is 20.1. The van der Waals surface area contributed by atoms with Crippen molar-refractivity contribution in [2.45, 2.75) is 50.9 Å². The molecule has 0 bridgehead atoms. The van der Waals surface area contributed by atoms with Gasteiger partial charge in [0.25, 0.3) is 11.8 Å². The number of nitrogens with two attached hydrogens (primary N) is 1. The van der Waals surface area contributed by atoms with Crippen LogP contribution in [0.15, 0.2) is 159 Å². The molecule has 0 unspecified atom stereocenters. The van der Waals surface area contributed by atoms with Gasteiger partial charge in [0.05, 0.1) is 44.6 Å². The van der Waals surface area contributed by atoms with Crippen LogP contribution in [-0.2, 0) is 74.7 Å². The Hall–Kier alpha value is -10.4. The number of carboxylic acid groups (broad SMARTS) is 1. The number of benzene rings is 5. The lowest BCUT2D eigenvalue weighted by atomic mass is 10.1. The average molecular weight is 1320 g/mol. The molecule has 0 aliphatic heterocycles. The summed E-state index contributed by atoms with van der Waals surface area (Å²) in [5, 5.41) is 14.9. The second-order valence-corrected chi connectivity index (χ2v) is 21.1. The number of alkyl halides is 6. The van der Waals surface area contributed by atoms with Crippen molar-refractivity contribution < 1.29 is 64.9 Å². The lowest BCUT2D eigenvalue weighted by Gasteiger charge is -2.11. The number of carbonyl (C=O) groups excluding carboxylic acids is 4. The molecule has 6 heterocycles. The zero-order valence-electron chi connectivity index (χ0n) is 48.1. The van der Waals surface area contributed by atoms with Crippen molar-refractivity contribution >= 4 is 98.5 Å². The quantitative estimate of drug-likeness (QED) is 0.0303. The number of hydrogen-bond acceptors (Lipinski definition) is 14. The molecule has 0 spiro atoms. The first kappa shape index (κ1) is 66.0. The highest BCUT2D eigenvalue weighted by Crippen LogP contribution is 2.32. The number of imidazole rings is 3. The molecule has 5 N–H and O–H groups in total. The number of halogens is 9. The SMILES string of the molecule is COC(=O)Cc1c(Cl)nc(Cc2ccc(N)cc2)n2ccnc12.COC(=O)Cc1c(Cl)nc(Cc2ccc(NC(=O)c3ccc(C(F)(F)F)cc3)cc2)n2ccnc12.O=C(O)Cc1c(Cl)nc(Cc2ccc(NC(=O)c3ccc(C(F)(F)F)cc3)cc2)n2ccnc12. The largest absolute Gasteiger partial charge is 0.481 e. The summed E-state index contributed by atoms with van der Waals surface area (Å²) in [6.45, 7) is 0. The summed E-state index contributed by atoms with van der Waals surface area (Å²) in [6, 6.07) is 29.2. The van der Waals surface area contributed by atoms with Crippen molar-refractivity contribution in [1.29, 1.82) is 0 Å². The van der Waals surface area contributed by atoms with Crippen LogP contribution in [0.2, 0.25) is 15.5 Å². The summed E-state index contributed by atoms with van der Waals surface area (Å²) in [6.07, 6.45) is 1.99. The van der Waals surface area contributed by atoms with E-state index in [1.807, 2.05) is 28.7 Å². The third kappa shape index (κ3) is 16.3. The predicted octanol–water partition coefficient (Wildman–Crippen LogP) is 12.1. The highest BCUT2D eigenvalue weighted by atomic mass is 35.5. The summed E-state index contributed by atoms with van der Waals surface area (Å²) in [7, 11) is 2.62. The maximum Gasteiger partial charge on any atom is 0.416 e. The number of carbonyl (C=O) groups is 5. The first-order valence-corrected chi connectivity index (χ1v) is 28.3. The Morgan fingerprint density at radius 1 is 0.478 bits per heavy atom. The van der Waals surface area contributed by atoms with Crippen molar-refractivity contribution in [3.05, 3.63) is 247 Å². The Morgan fingerprint density at radius 2 is 0.783 bits per heavy atom. The van der Waals surface area contributed by atoms with Crippen LogP contribution in [-0.4, -0.2) is 92.2 Å². The topological polar surface area (TPSA) is 265 Å². The number of rotatable bonds is 16. The fraction of sp³-hybridized carbons (Fsp3) is 0.159. The summed E-state index contributed by atoms with van der Waals surface area (Å²) in [5.41, 5.74) is 11.5. The predicted molar refractivity (Wildman–Crippen MR) is 328 cm³/mol. The van der Waals surface area contributed by atoms with Gasteiger partial charge in [-0.2, -0.15) is 26.3 Å². The summed E-state index contributed by atoms with van der Waals surface area (Å²) in [4.78, 5) is 85.0. The Balaban J connectivity index is 0.000000167. The minimum Gasteiger partial charge on any atom is -0.481 e. The van der Waals surface area contributed by atoms with Crippen LogP contribution in [0.3, 0.4) is 0 Å². The van der Waals surface area contributed by atoms with E-state index in [2.05, 4.69) is 40.5 Å². The van der Waals surface area contributed by atoms with Crippen molar-refractivity contribution in [3.63, 3.8) is 0 Å². The van der Waals surface area contributed by atoms with Gasteiger partial charge < -0.3 is 30.9 Å². The highest BCUT2D eigenvalue weighted by molar-refractivity contribution is 6.31. The molecule has 0 fully saturated rings. The summed E-state index contributed by atoms with van der Waals surface area (Å²) >= 11 is 18.8. The monoisotopic (exact) mass is 1320 g/mol. The first-order valence-electron chi connectivity index (χ1n) is 27.2. The van der Waals surface area contributed by atoms with Gasteiger partial charge in [-0.25, -0.2) is 29.9 Å². The van der Waals surface area contributed by atoms with E-state index in [0.717, 1.165) is 71.0 Å². The lowest BCUT2D eigenvalue weighted by molar-refractivity contribution is -0.140. The molecule has 0 atom stereocenters. The van der Waals surface area contributed by atoms with E-state index in [4.69, 9.17) is 55.1 Å². The smallest absolute Gasteiger partial charge is 0.416 e. The van der Waals surface area contributed by atoms with E-state index in [9.17, 15) is 50.3 Å². The number of aromatic nitrogens is 9. The van der Waals surface area contributed by atoms with Gasteiger partial charge in [0.1, 0.15) is 49.9 Å². The zero-order chi connectivity index (χ0) is 66.0. The second kappa shape index (κ2) is 28.6. The van der Waals surface area contributed by atoms with E-state index < -0.39 is 47.2 Å². The van der Waals surface area contributed by atoms with Crippen molar-refractivity contribution in [1.82, 2.24) is 43.1 Å². The highest BCUT2D eigenvalue weighted by Gasteiger charge is 2.31. The number of nitrogens with one attached hydrogen (secondary N) is 2. The molecule has 11 aromatic rings. The number of aliphatic carboxylic acids is 1. The first-order chi connectivity index (χ1) is 43.8. The molecular formula is C63H49Cl3F6N12O8. The lowest BCUT2D eigenvalue weighted by Crippen LogP contribution is -2.13. The van der Waals surface area contributed by atoms with Gasteiger partial charge in [-0.1, -0.05) is 71.2 Å². The molecule has 2 amide bonds. The Morgan fingerprint density at radius 3 is 1.08 bits per heavy atom. The fourth-order valence-corrected chi connectivity index (χ4v) is 9.97. The van der Waals surface area contributed by atoms with Gasteiger partial charge in [0.2, 0.25) is 0 Å². The molecule has 0 aliphatic carbocycles. The van der Waals surface area contributed by atoms with E-state index in [0.29, 0.717) is 81.6 Å². The van der Waals surface area contributed by atoms with Crippen LogP contribution in [0.5, 0.6) is 0 Å². The van der Waals surface area contributed by atoms with Gasteiger partial charge in [0.15, 0.2) is 0 Å². The van der Waals surface area contributed by atoms with Gasteiger partial charge in [-0.05, 0) is 102 Å². The van der Waals surface area contributed by atoms with Crippen molar-refractivity contribution in [2.24, 2.45) is 0 Å². The van der Waals surface area contributed by atoms with E-state index in [-0.39, 0.29) is 51.8 Å². The van der Waals surface area contributed by atoms with Crippen LogP contribution in [0.1, 0.15) is 82.7 Å². The normalized spacial score (nSPS) is 11.3. The Bertz CT molecular complexity index is 4510. The van der Waals surface area contributed by atoms with Gasteiger partial charge in [0, 0.05) is 101 Å². The minimum absolute atomic E-state index is 0.0327.